The van der Waals surface area contributed by atoms with E-state index >= 15 is 0 Å². The lowest BCUT2D eigenvalue weighted by atomic mass is 10.2. The third-order valence-electron chi connectivity index (χ3n) is 1.12. The van der Waals surface area contributed by atoms with Crippen molar-refractivity contribution in [2.75, 3.05) is 12.3 Å². The van der Waals surface area contributed by atoms with E-state index in [0.717, 1.165) is 28.9 Å². The summed E-state index contributed by atoms with van der Waals surface area (Å²) in [5.74, 6) is 0.266. The molecule has 8 heavy (non-hydrogen) atoms. The van der Waals surface area contributed by atoms with Crippen LogP contribution in [0.2, 0.25) is 0 Å². The first-order chi connectivity index (χ1) is 3.80. The number of ketones is 1. The normalized spacial score (nSPS) is 36.6. The van der Waals surface area contributed by atoms with Gasteiger partial charge in [-0.25, -0.2) is 0 Å². The second-order valence-corrected chi connectivity index (χ2v) is 5.40. The van der Waals surface area contributed by atoms with Crippen molar-refractivity contribution in [2.45, 2.75) is 6.04 Å². The van der Waals surface area contributed by atoms with Crippen LogP contribution in [0.25, 0.3) is 0 Å². The fraction of sp³-hybridized carbons (Fsp3) is 0.750. The largest absolute Gasteiger partial charge is 0.321 e. The van der Waals surface area contributed by atoms with Crippen LogP contribution in [0.4, 0.5) is 0 Å². The van der Waals surface area contributed by atoms with Gasteiger partial charge in [-0.05, 0) is 6.16 Å². The van der Waals surface area contributed by atoms with Gasteiger partial charge in [0.15, 0.2) is 5.78 Å². The zero-order chi connectivity index (χ0) is 5.98. The maximum atomic E-state index is 10.7. The highest BCUT2D eigenvalue weighted by Crippen LogP contribution is 2.40. The van der Waals surface area contributed by atoms with E-state index in [1.165, 1.54) is 0 Å². The van der Waals surface area contributed by atoms with E-state index in [0.29, 0.717) is 0 Å². The second-order valence-electron chi connectivity index (χ2n) is 1.81. The molecule has 0 radical (unpaired) electrons. The predicted molar refractivity (Wildman–Crippen MR) is 39.3 cm³/mol. The summed E-state index contributed by atoms with van der Waals surface area (Å²) in [6.45, 7) is 0. The van der Waals surface area contributed by atoms with Crippen LogP contribution in [-0.2, 0) is 4.79 Å². The number of carbonyl (C=O) groups is 1. The number of nitrogens with two attached hydrogens (primary N) is 1. The van der Waals surface area contributed by atoms with Gasteiger partial charge in [0.2, 0.25) is 0 Å². The van der Waals surface area contributed by atoms with E-state index < -0.39 is 0 Å². The van der Waals surface area contributed by atoms with Gasteiger partial charge in [0.25, 0.3) is 0 Å². The smallest absolute Gasteiger partial charge is 0.154 e. The van der Waals surface area contributed by atoms with Gasteiger partial charge >= 0.3 is 0 Å². The standard InChI is InChI=1S/C4H9NOP2/c5-3-1-7-8-2-4(3)6/h3,7-8H,1-2,5H2. The highest BCUT2D eigenvalue weighted by Gasteiger charge is 2.16. The molecule has 0 aromatic carbocycles. The molecular weight excluding hydrogens is 140 g/mol. The van der Waals surface area contributed by atoms with Crippen molar-refractivity contribution >= 4 is 22.3 Å². The molecule has 0 saturated carbocycles. The van der Waals surface area contributed by atoms with E-state index in [1.54, 1.807) is 0 Å². The number of Topliss-reactive ketones (excluding diaryl/α,β-unsaturated/α-hetero) is 1. The zero-order valence-corrected chi connectivity index (χ0v) is 6.48. The van der Waals surface area contributed by atoms with E-state index in [1.807, 2.05) is 0 Å². The molecule has 0 amide bonds. The minimum absolute atomic E-state index is 0.116. The van der Waals surface area contributed by atoms with Crippen LogP contribution in [-0.4, -0.2) is 24.1 Å². The van der Waals surface area contributed by atoms with E-state index in [-0.39, 0.29) is 11.8 Å². The fourth-order valence-electron chi connectivity index (χ4n) is 0.577. The number of rotatable bonds is 0. The molecule has 1 fully saturated rings. The summed E-state index contributed by atoms with van der Waals surface area (Å²) >= 11 is 0. The van der Waals surface area contributed by atoms with Crippen LogP contribution in [0.3, 0.4) is 0 Å². The highest BCUT2D eigenvalue weighted by atomic mass is 32.0. The van der Waals surface area contributed by atoms with E-state index in [2.05, 4.69) is 0 Å². The van der Waals surface area contributed by atoms with Gasteiger partial charge in [-0.2, -0.15) is 0 Å². The van der Waals surface area contributed by atoms with E-state index in [9.17, 15) is 4.79 Å². The van der Waals surface area contributed by atoms with Gasteiger partial charge in [-0.1, -0.05) is 16.5 Å². The Morgan fingerprint density at radius 1 is 1.62 bits per heavy atom. The quantitative estimate of drug-likeness (QED) is 0.499. The van der Waals surface area contributed by atoms with Crippen LogP contribution in [0.1, 0.15) is 0 Å². The summed E-state index contributed by atoms with van der Waals surface area (Å²) in [5.41, 5.74) is 5.44. The van der Waals surface area contributed by atoms with E-state index in [4.69, 9.17) is 5.73 Å². The first kappa shape index (κ1) is 6.61. The Bertz CT molecular complexity index is 106. The van der Waals surface area contributed by atoms with Gasteiger partial charge in [0.05, 0.1) is 6.04 Å². The van der Waals surface area contributed by atoms with Gasteiger partial charge < -0.3 is 5.73 Å². The molecule has 0 bridgehead atoms. The van der Waals surface area contributed by atoms with Gasteiger partial charge in [0, 0.05) is 6.16 Å². The average Bonchev–Trinajstić information content (AvgIpc) is 1.77. The summed E-state index contributed by atoms with van der Waals surface area (Å²) in [4.78, 5) is 10.7. The molecule has 0 aromatic heterocycles. The second kappa shape index (κ2) is 2.87. The Morgan fingerprint density at radius 3 is 2.75 bits per heavy atom. The van der Waals surface area contributed by atoms with Gasteiger partial charge in [0.1, 0.15) is 0 Å². The molecule has 1 saturated heterocycles. The number of carbonyl (C=O) groups excluding carboxylic acids is 1. The van der Waals surface area contributed by atoms with Crippen molar-refractivity contribution in [3.8, 4) is 0 Å². The molecule has 4 heteroatoms. The Balaban J connectivity index is 2.39. The van der Waals surface area contributed by atoms with Crippen molar-refractivity contribution in [3.63, 3.8) is 0 Å². The molecule has 0 aliphatic carbocycles. The summed E-state index contributed by atoms with van der Waals surface area (Å²) < 4.78 is 0. The third kappa shape index (κ3) is 1.48. The molecule has 46 valence electrons. The molecule has 1 aliphatic heterocycles. The molecule has 3 atom stereocenters. The maximum Gasteiger partial charge on any atom is 0.154 e. The first-order valence-electron chi connectivity index (χ1n) is 2.55. The maximum absolute atomic E-state index is 10.7. The monoisotopic (exact) mass is 149 g/mol. The van der Waals surface area contributed by atoms with Crippen molar-refractivity contribution in [1.29, 1.82) is 0 Å². The SMILES string of the molecule is NC1CPPCC1=O. The zero-order valence-electron chi connectivity index (χ0n) is 4.48. The Morgan fingerprint density at radius 2 is 2.38 bits per heavy atom. The molecule has 2 N–H and O–H groups in total. The lowest BCUT2D eigenvalue weighted by Crippen LogP contribution is -2.35. The number of hydrogen-bond acceptors (Lipinski definition) is 2. The Kier molecular flexibility index (Phi) is 2.37. The molecule has 1 rings (SSSR count). The topological polar surface area (TPSA) is 43.1 Å². The van der Waals surface area contributed by atoms with Crippen LogP contribution >= 0.6 is 16.5 Å². The molecule has 1 aliphatic rings. The molecule has 3 unspecified atom stereocenters. The highest BCUT2D eigenvalue weighted by molar-refractivity contribution is 8.12. The number of hydrogen-bond donors (Lipinski definition) is 1. The van der Waals surface area contributed by atoms with Crippen LogP contribution in [0.5, 0.6) is 0 Å². The lowest BCUT2D eigenvalue weighted by molar-refractivity contribution is -0.117. The predicted octanol–water partition coefficient (Wildman–Crippen LogP) is 0.168. The van der Waals surface area contributed by atoms with Crippen molar-refractivity contribution in [1.82, 2.24) is 0 Å². The van der Waals surface area contributed by atoms with Gasteiger partial charge in [-0.15, -0.1) is 0 Å². The van der Waals surface area contributed by atoms with Crippen molar-refractivity contribution < 1.29 is 4.79 Å². The third-order valence-corrected chi connectivity index (χ3v) is 4.44. The first-order valence-corrected chi connectivity index (χ1v) is 5.96. The van der Waals surface area contributed by atoms with Crippen molar-refractivity contribution in [2.24, 2.45) is 5.73 Å². The molecular formula is C4H9NOP2. The van der Waals surface area contributed by atoms with Gasteiger partial charge in [-0.3, -0.25) is 4.79 Å². The summed E-state index contributed by atoms with van der Waals surface area (Å²) in [6.07, 6.45) is 1.69. The van der Waals surface area contributed by atoms with Crippen molar-refractivity contribution in [3.05, 3.63) is 0 Å². The Hall–Kier alpha value is 0.490. The minimum atomic E-state index is -0.116. The minimum Gasteiger partial charge on any atom is -0.321 e. The Labute approximate surface area is 52.1 Å². The molecule has 1 heterocycles. The molecule has 2 nitrogen and oxygen atoms in total. The fourth-order valence-corrected chi connectivity index (χ4v) is 3.72. The molecule has 0 aromatic rings. The van der Waals surface area contributed by atoms with Crippen LogP contribution < -0.4 is 5.73 Å². The average molecular weight is 149 g/mol. The lowest BCUT2D eigenvalue weighted by Gasteiger charge is -2.14. The summed E-state index contributed by atoms with van der Waals surface area (Å²) in [5, 5.41) is 0. The van der Waals surface area contributed by atoms with Crippen LogP contribution in [0, 0.1) is 0 Å². The summed E-state index contributed by atoms with van der Waals surface area (Å²) in [6, 6.07) is -0.116. The van der Waals surface area contributed by atoms with Crippen LogP contribution in [0.15, 0.2) is 0 Å². The molecule has 0 spiro atoms. The summed E-state index contributed by atoms with van der Waals surface area (Å²) in [7, 11) is 1.82.